The summed E-state index contributed by atoms with van der Waals surface area (Å²) in [5.41, 5.74) is 3.30. The number of hydrogen-bond acceptors (Lipinski definition) is 6. The molecule has 2 heterocycles. The molecule has 9 heteroatoms. The average Bonchev–Trinajstić information content (AvgIpc) is 3.19. The Morgan fingerprint density at radius 2 is 1.43 bits per heavy atom. The lowest BCUT2D eigenvalue weighted by Gasteiger charge is -2.34. The fourth-order valence-electron chi connectivity index (χ4n) is 4.81. The topological polar surface area (TPSA) is 93.2 Å². The second-order valence-corrected chi connectivity index (χ2v) is 10.6. The monoisotopic (exact) mass is 490 g/mol. The van der Waals surface area contributed by atoms with Gasteiger partial charge in [-0.2, -0.15) is 4.31 Å². The van der Waals surface area contributed by atoms with Crippen molar-refractivity contribution in [1.82, 2.24) is 9.21 Å². The van der Waals surface area contributed by atoms with Gasteiger partial charge in [-0.3, -0.25) is 9.59 Å². The van der Waals surface area contributed by atoms with Gasteiger partial charge in [-0.1, -0.05) is 30.3 Å². The molecule has 1 amide bonds. The first-order valence-corrected chi connectivity index (χ1v) is 12.8. The van der Waals surface area contributed by atoms with Crippen molar-refractivity contribution in [2.75, 3.05) is 39.4 Å². The van der Waals surface area contributed by atoms with Crippen molar-refractivity contribution < 1.29 is 27.5 Å². The Bertz CT molecular complexity index is 1470. The standard InChI is InChI=1S/C26H22N2O6S/c29-25-21-4-2-1-3-19(21)20-7-5-17(15-22(20)25)26(30)27-9-11-28(12-10-27)35(31,32)18-6-8-23-24(16-18)34-14-13-33-23/h1-8,15-16H,9-14H2. The summed E-state index contributed by atoms with van der Waals surface area (Å²) in [6.07, 6.45) is 0. The van der Waals surface area contributed by atoms with Gasteiger partial charge in [-0.15, -0.1) is 0 Å². The summed E-state index contributed by atoms with van der Waals surface area (Å²) < 4.78 is 38.7. The van der Waals surface area contributed by atoms with Crippen LogP contribution < -0.4 is 9.47 Å². The number of ketones is 1. The second-order valence-electron chi connectivity index (χ2n) is 8.64. The van der Waals surface area contributed by atoms with Crippen molar-refractivity contribution in [2.45, 2.75) is 4.90 Å². The molecule has 0 bridgehead atoms. The molecule has 6 rings (SSSR count). The van der Waals surface area contributed by atoms with Gasteiger partial charge in [0.2, 0.25) is 10.0 Å². The molecule has 3 aliphatic rings. The molecule has 0 atom stereocenters. The molecular formula is C26H22N2O6S. The number of ether oxygens (including phenoxy) is 2. The average molecular weight is 491 g/mol. The van der Waals surface area contributed by atoms with E-state index in [-0.39, 0.29) is 42.8 Å². The van der Waals surface area contributed by atoms with Crippen LogP contribution >= 0.6 is 0 Å². The van der Waals surface area contributed by atoms with E-state index in [1.807, 2.05) is 24.3 Å². The largest absolute Gasteiger partial charge is 0.486 e. The van der Waals surface area contributed by atoms with Gasteiger partial charge < -0.3 is 14.4 Å². The van der Waals surface area contributed by atoms with Gasteiger partial charge in [-0.25, -0.2) is 8.42 Å². The zero-order valence-electron chi connectivity index (χ0n) is 18.8. The summed E-state index contributed by atoms with van der Waals surface area (Å²) in [6, 6.07) is 17.2. The Morgan fingerprint density at radius 3 is 2.20 bits per heavy atom. The second kappa shape index (κ2) is 8.21. The molecule has 178 valence electrons. The van der Waals surface area contributed by atoms with Gasteiger partial charge in [-0.05, 0) is 35.4 Å². The summed E-state index contributed by atoms with van der Waals surface area (Å²) in [5.74, 6) is 0.648. The maximum absolute atomic E-state index is 13.2. The van der Waals surface area contributed by atoms with Gasteiger partial charge in [0, 0.05) is 48.9 Å². The Balaban J connectivity index is 1.17. The lowest BCUT2D eigenvalue weighted by Crippen LogP contribution is -2.50. The summed E-state index contributed by atoms with van der Waals surface area (Å²) in [4.78, 5) is 27.8. The van der Waals surface area contributed by atoms with E-state index < -0.39 is 10.0 Å². The van der Waals surface area contributed by atoms with Crippen molar-refractivity contribution >= 4 is 21.7 Å². The smallest absolute Gasteiger partial charge is 0.253 e. The van der Waals surface area contributed by atoms with Crippen LogP contribution in [0.3, 0.4) is 0 Å². The van der Waals surface area contributed by atoms with Crippen LogP contribution in [0.1, 0.15) is 26.3 Å². The first-order valence-electron chi connectivity index (χ1n) is 11.4. The molecule has 0 spiro atoms. The minimum absolute atomic E-state index is 0.0828. The Labute approximate surface area is 202 Å². The Kier molecular flexibility index (Phi) is 5.12. The maximum atomic E-state index is 13.2. The third-order valence-electron chi connectivity index (χ3n) is 6.65. The van der Waals surface area contributed by atoms with Crippen molar-refractivity contribution in [3.05, 3.63) is 77.4 Å². The maximum Gasteiger partial charge on any atom is 0.253 e. The molecule has 35 heavy (non-hydrogen) atoms. The van der Waals surface area contributed by atoms with Crippen molar-refractivity contribution in [1.29, 1.82) is 0 Å². The number of piperazine rings is 1. The quantitative estimate of drug-likeness (QED) is 0.439. The minimum Gasteiger partial charge on any atom is -0.486 e. The highest BCUT2D eigenvalue weighted by atomic mass is 32.2. The SMILES string of the molecule is O=C1c2ccccc2-c2ccc(C(=O)N3CCN(S(=O)(=O)c4ccc5c(c4)OCCO5)CC3)cc21. The molecule has 3 aromatic rings. The number of benzene rings is 3. The number of sulfonamides is 1. The summed E-state index contributed by atoms with van der Waals surface area (Å²) in [6.45, 7) is 1.68. The molecule has 1 fully saturated rings. The number of amides is 1. The molecule has 0 radical (unpaired) electrons. The highest BCUT2D eigenvalue weighted by Gasteiger charge is 2.33. The van der Waals surface area contributed by atoms with Crippen LogP contribution in [0.5, 0.6) is 11.5 Å². The van der Waals surface area contributed by atoms with E-state index in [2.05, 4.69) is 0 Å². The van der Waals surface area contributed by atoms with E-state index in [0.29, 0.717) is 41.4 Å². The molecule has 3 aromatic carbocycles. The number of fused-ring (bicyclic) bond motifs is 4. The number of nitrogens with zero attached hydrogens (tertiary/aromatic N) is 2. The first-order chi connectivity index (χ1) is 16.9. The highest BCUT2D eigenvalue weighted by molar-refractivity contribution is 7.89. The molecule has 8 nitrogen and oxygen atoms in total. The van der Waals surface area contributed by atoms with E-state index in [1.165, 1.54) is 16.4 Å². The minimum atomic E-state index is -3.74. The van der Waals surface area contributed by atoms with Crippen molar-refractivity contribution in [3.63, 3.8) is 0 Å². The zero-order chi connectivity index (χ0) is 24.2. The van der Waals surface area contributed by atoms with Crippen LogP contribution in [-0.2, 0) is 10.0 Å². The lowest BCUT2D eigenvalue weighted by atomic mass is 10.0. The van der Waals surface area contributed by atoms with Gasteiger partial charge in [0.05, 0.1) is 4.90 Å². The summed E-state index contributed by atoms with van der Waals surface area (Å²) >= 11 is 0. The lowest BCUT2D eigenvalue weighted by molar-refractivity contribution is 0.0698. The third-order valence-corrected chi connectivity index (χ3v) is 8.54. The number of carbonyl (C=O) groups is 2. The molecule has 0 N–H and O–H groups in total. The van der Waals surface area contributed by atoms with Gasteiger partial charge >= 0.3 is 0 Å². The van der Waals surface area contributed by atoms with Crippen LogP contribution in [0.2, 0.25) is 0 Å². The van der Waals surface area contributed by atoms with Crippen LogP contribution in [0.4, 0.5) is 0 Å². The number of hydrogen-bond donors (Lipinski definition) is 0. The Hall–Kier alpha value is -3.69. The normalized spacial score (nSPS) is 17.1. The molecule has 2 aliphatic heterocycles. The highest BCUT2D eigenvalue weighted by Crippen LogP contribution is 2.37. The van der Waals surface area contributed by atoms with Gasteiger partial charge in [0.1, 0.15) is 13.2 Å². The number of carbonyl (C=O) groups excluding carboxylic acids is 2. The van der Waals surface area contributed by atoms with E-state index in [1.54, 1.807) is 29.2 Å². The van der Waals surface area contributed by atoms with Crippen LogP contribution in [-0.4, -0.2) is 68.7 Å². The van der Waals surface area contributed by atoms with Crippen LogP contribution in [0, 0.1) is 0 Å². The van der Waals surface area contributed by atoms with Gasteiger partial charge in [0.25, 0.3) is 5.91 Å². The first kappa shape index (κ1) is 21.8. The van der Waals surface area contributed by atoms with Crippen molar-refractivity contribution in [2.24, 2.45) is 0 Å². The molecule has 0 aromatic heterocycles. The van der Waals surface area contributed by atoms with Crippen LogP contribution in [0.15, 0.2) is 65.6 Å². The third kappa shape index (κ3) is 3.59. The van der Waals surface area contributed by atoms with E-state index >= 15 is 0 Å². The summed E-state index contributed by atoms with van der Waals surface area (Å²) in [5, 5.41) is 0. The summed E-state index contributed by atoms with van der Waals surface area (Å²) in [7, 11) is -3.74. The number of rotatable bonds is 3. The van der Waals surface area contributed by atoms with E-state index in [0.717, 1.165) is 11.1 Å². The molecule has 1 saturated heterocycles. The zero-order valence-corrected chi connectivity index (χ0v) is 19.6. The van der Waals surface area contributed by atoms with E-state index in [4.69, 9.17) is 9.47 Å². The molecule has 1 aliphatic carbocycles. The van der Waals surface area contributed by atoms with Crippen molar-refractivity contribution in [3.8, 4) is 22.6 Å². The van der Waals surface area contributed by atoms with Crippen LogP contribution in [0.25, 0.3) is 11.1 Å². The predicted octanol–water partition coefficient (Wildman–Crippen LogP) is 2.82. The molecule has 0 saturated carbocycles. The van der Waals surface area contributed by atoms with Gasteiger partial charge in [0.15, 0.2) is 17.3 Å². The fraction of sp³-hybridized carbons (Fsp3) is 0.231. The predicted molar refractivity (Wildman–Crippen MR) is 127 cm³/mol. The fourth-order valence-corrected chi connectivity index (χ4v) is 6.25. The van der Waals surface area contributed by atoms with E-state index in [9.17, 15) is 18.0 Å². The Morgan fingerprint density at radius 1 is 0.743 bits per heavy atom. The molecule has 0 unspecified atom stereocenters. The molecular weight excluding hydrogens is 468 g/mol.